The second-order valence-electron chi connectivity index (χ2n) is 7.34. The molecule has 4 bridgehead atoms. The van der Waals surface area contributed by atoms with E-state index in [1.165, 1.54) is 32.1 Å². The standard InChI is InChI=1S/C16H22N4/c17-8-16(18,9-20-2-1-19-10-20)15-13-4-11-3-12(6-13)7-14(15)5-11/h1-2,10-15H,3-7,9,18H2. The zero-order chi connectivity index (χ0) is 13.7. The number of nitrogens with zero attached hydrogens (tertiary/aromatic N) is 3. The van der Waals surface area contributed by atoms with Crippen LogP contribution in [0.5, 0.6) is 0 Å². The van der Waals surface area contributed by atoms with Crippen molar-refractivity contribution in [1.82, 2.24) is 9.55 Å². The van der Waals surface area contributed by atoms with E-state index >= 15 is 0 Å². The molecule has 20 heavy (non-hydrogen) atoms. The number of hydrogen-bond acceptors (Lipinski definition) is 3. The highest BCUT2D eigenvalue weighted by atomic mass is 15.1. The maximum Gasteiger partial charge on any atom is 0.125 e. The van der Waals surface area contributed by atoms with E-state index < -0.39 is 5.54 Å². The Morgan fingerprint density at radius 1 is 1.20 bits per heavy atom. The van der Waals surface area contributed by atoms with Gasteiger partial charge < -0.3 is 10.3 Å². The quantitative estimate of drug-likeness (QED) is 0.915. The van der Waals surface area contributed by atoms with Gasteiger partial charge >= 0.3 is 0 Å². The van der Waals surface area contributed by atoms with Gasteiger partial charge in [0.05, 0.1) is 18.9 Å². The molecule has 1 atom stereocenters. The molecule has 2 N–H and O–H groups in total. The van der Waals surface area contributed by atoms with Crippen molar-refractivity contribution in [3.63, 3.8) is 0 Å². The minimum atomic E-state index is -0.733. The van der Waals surface area contributed by atoms with Gasteiger partial charge in [0.2, 0.25) is 0 Å². The Morgan fingerprint density at radius 2 is 1.85 bits per heavy atom. The van der Waals surface area contributed by atoms with Crippen LogP contribution in [0.3, 0.4) is 0 Å². The average molecular weight is 270 g/mol. The molecule has 1 heterocycles. The van der Waals surface area contributed by atoms with Crippen LogP contribution < -0.4 is 5.73 Å². The van der Waals surface area contributed by atoms with Crippen molar-refractivity contribution in [3.05, 3.63) is 18.7 Å². The first-order valence-corrected chi connectivity index (χ1v) is 7.84. The number of rotatable bonds is 3. The molecule has 4 heteroatoms. The van der Waals surface area contributed by atoms with Crippen molar-refractivity contribution < 1.29 is 0 Å². The molecule has 106 valence electrons. The van der Waals surface area contributed by atoms with Crippen molar-refractivity contribution in [2.75, 3.05) is 0 Å². The highest BCUT2D eigenvalue weighted by Crippen LogP contribution is 2.58. The summed E-state index contributed by atoms with van der Waals surface area (Å²) in [7, 11) is 0. The lowest BCUT2D eigenvalue weighted by Crippen LogP contribution is -2.60. The van der Waals surface area contributed by atoms with Crippen molar-refractivity contribution >= 4 is 0 Å². The van der Waals surface area contributed by atoms with Gasteiger partial charge in [-0.05, 0) is 61.7 Å². The van der Waals surface area contributed by atoms with Gasteiger partial charge in [-0.3, -0.25) is 0 Å². The maximum atomic E-state index is 9.76. The summed E-state index contributed by atoms with van der Waals surface area (Å²) in [6.45, 7) is 0.580. The third kappa shape index (κ3) is 1.80. The summed E-state index contributed by atoms with van der Waals surface area (Å²) in [5.74, 6) is 3.58. The fourth-order valence-electron chi connectivity index (χ4n) is 5.66. The average Bonchev–Trinajstić information content (AvgIpc) is 2.90. The fraction of sp³-hybridized carbons (Fsp3) is 0.750. The van der Waals surface area contributed by atoms with Crippen LogP contribution in [-0.4, -0.2) is 15.1 Å². The van der Waals surface area contributed by atoms with E-state index in [0.29, 0.717) is 24.3 Å². The lowest BCUT2D eigenvalue weighted by Gasteiger charge is -2.57. The van der Waals surface area contributed by atoms with E-state index in [4.69, 9.17) is 5.73 Å². The predicted octanol–water partition coefficient (Wildman–Crippen LogP) is 2.18. The molecule has 0 radical (unpaired) electrons. The Bertz CT molecular complexity index is 501. The monoisotopic (exact) mass is 270 g/mol. The van der Waals surface area contributed by atoms with Crippen LogP contribution in [-0.2, 0) is 6.54 Å². The molecular weight excluding hydrogens is 248 g/mol. The van der Waals surface area contributed by atoms with Gasteiger partial charge in [0, 0.05) is 12.4 Å². The van der Waals surface area contributed by atoms with Crippen molar-refractivity contribution in [3.8, 4) is 6.07 Å². The van der Waals surface area contributed by atoms with Gasteiger partial charge in [0.1, 0.15) is 5.54 Å². The van der Waals surface area contributed by atoms with Crippen LogP contribution in [0.4, 0.5) is 0 Å². The van der Waals surface area contributed by atoms with Crippen molar-refractivity contribution in [2.24, 2.45) is 35.3 Å². The van der Waals surface area contributed by atoms with E-state index in [1.54, 1.807) is 12.5 Å². The molecule has 1 aromatic rings. The number of hydrogen-bond donors (Lipinski definition) is 1. The predicted molar refractivity (Wildman–Crippen MR) is 75.3 cm³/mol. The Kier molecular flexibility index (Phi) is 2.68. The number of nitrogens with two attached hydrogens (primary N) is 1. The van der Waals surface area contributed by atoms with Crippen LogP contribution in [0.15, 0.2) is 18.7 Å². The Balaban J connectivity index is 1.63. The largest absolute Gasteiger partial charge is 0.335 e. The summed E-state index contributed by atoms with van der Waals surface area (Å²) in [5, 5.41) is 9.76. The van der Waals surface area contributed by atoms with Crippen LogP contribution in [0.2, 0.25) is 0 Å². The molecule has 5 rings (SSSR count). The smallest absolute Gasteiger partial charge is 0.125 e. The normalized spacial score (nSPS) is 41.3. The molecule has 1 aromatic heterocycles. The van der Waals surface area contributed by atoms with Crippen LogP contribution in [0.25, 0.3) is 0 Å². The van der Waals surface area contributed by atoms with E-state index in [1.807, 2.05) is 10.8 Å². The first kappa shape index (κ1) is 12.4. The molecule has 0 aliphatic heterocycles. The summed E-state index contributed by atoms with van der Waals surface area (Å²) in [6, 6.07) is 2.47. The first-order chi connectivity index (χ1) is 9.68. The zero-order valence-corrected chi connectivity index (χ0v) is 11.8. The van der Waals surface area contributed by atoms with Crippen LogP contribution in [0, 0.1) is 40.9 Å². The van der Waals surface area contributed by atoms with E-state index in [9.17, 15) is 5.26 Å². The Hall–Kier alpha value is -1.34. The second-order valence-corrected chi connectivity index (χ2v) is 7.34. The molecule has 0 aromatic carbocycles. The van der Waals surface area contributed by atoms with Gasteiger partial charge in [-0.15, -0.1) is 0 Å². The third-order valence-electron chi connectivity index (χ3n) is 6.03. The van der Waals surface area contributed by atoms with Crippen LogP contribution in [0.1, 0.15) is 32.1 Å². The highest BCUT2D eigenvalue weighted by molar-refractivity contribution is 5.16. The maximum absolute atomic E-state index is 9.76. The van der Waals surface area contributed by atoms with Gasteiger partial charge in [-0.25, -0.2) is 4.98 Å². The molecule has 4 aliphatic rings. The van der Waals surface area contributed by atoms with Crippen LogP contribution >= 0.6 is 0 Å². The topological polar surface area (TPSA) is 67.6 Å². The molecule has 0 saturated heterocycles. The number of imidazole rings is 1. The lowest BCUT2D eigenvalue weighted by atomic mass is 9.48. The molecular formula is C16H22N4. The minimum Gasteiger partial charge on any atom is -0.335 e. The van der Waals surface area contributed by atoms with Crippen molar-refractivity contribution in [1.29, 1.82) is 5.26 Å². The molecule has 4 nitrogen and oxygen atoms in total. The highest BCUT2D eigenvalue weighted by Gasteiger charge is 2.54. The fourth-order valence-corrected chi connectivity index (χ4v) is 5.66. The third-order valence-corrected chi connectivity index (χ3v) is 6.03. The number of aromatic nitrogens is 2. The molecule has 1 unspecified atom stereocenters. The first-order valence-electron chi connectivity index (χ1n) is 7.84. The Labute approximate surface area is 120 Å². The van der Waals surface area contributed by atoms with Gasteiger partial charge in [0.15, 0.2) is 0 Å². The van der Waals surface area contributed by atoms with Gasteiger partial charge in [-0.1, -0.05) is 0 Å². The summed E-state index contributed by atoms with van der Waals surface area (Å²) in [5.41, 5.74) is 5.87. The molecule has 4 fully saturated rings. The second kappa shape index (κ2) is 4.33. The summed E-state index contributed by atoms with van der Waals surface area (Å²) >= 11 is 0. The Morgan fingerprint density at radius 3 is 2.35 bits per heavy atom. The van der Waals surface area contributed by atoms with Crippen molar-refractivity contribution in [2.45, 2.75) is 44.2 Å². The SMILES string of the molecule is N#CC(N)(Cn1ccnc1)C1C2CC3CC(C2)CC1C3. The summed E-state index contributed by atoms with van der Waals surface area (Å²) < 4.78 is 1.97. The van der Waals surface area contributed by atoms with E-state index in [-0.39, 0.29) is 0 Å². The van der Waals surface area contributed by atoms with Gasteiger partial charge in [-0.2, -0.15) is 5.26 Å². The van der Waals surface area contributed by atoms with Gasteiger partial charge in [0.25, 0.3) is 0 Å². The zero-order valence-electron chi connectivity index (χ0n) is 11.8. The lowest BCUT2D eigenvalue weighted by molar-refractivity contribution is -0.0615. The molecule has 4 aliphatic carbocycles. The molecule has 0 amide bonds. The summed E-state index contributed by atoms with van der Waals surface area (Å²) in [6.07, 6.45) is 12.1. The van der Waals surface area contributed by atoms with E-state index in [0.717, 1.165) is 11.8 Å². The molecule has 0 spiro atoms. The summed E-state index contributed by atoms with van der Waals surface area (Å²) in [4.78, 5) is 4.08. The minimum absolute atomic E-state index is 0.378. The van der Waals surface area contributed by atoms with E-state index in [2.05, 4.69) is 11.1 Å². The number of nitriles is 1. The molecule has 4 saturated carbocycles.